The zero-order valence-electron chi connectivity index (χ0n) is 17.1. The van der Waals surface area contributed by atoms with E-state index in [-0.39, 0.29) is 47.9 Å². The van der Waals surface area contributed by atoms with E-state index >= 15 is 0 Å². The molecule has 3 N–H and O–H groups in total. The number of aliphatic imine (C=N–C) groups is 1. The summed E-state index contributed by atoms with van der Waals surface area (Å²) >= 11 is 6.20. The van der Waals surface area contributed by atoms with E-state index in [9.17, 15) is 4.79 Å². The van der Waals surface area contributed by atoms with Gasteiger partial charge >= 0.3 is 0 Å². The smallest absolute Gasteiger partial charge is 0.223 e. The monoisotopic (exact) mass is 520 g/mol. The fourth-order valence-electron chi connectivity index (χ4n) is 3.54. The normalized spacial score (nSPS) is 19.7. The standard InChI is InChI=1S/C21H33ClN4O.HI/c1-15(2)25-20(27)17-9-6-11-18(14-17)26-21(23-3)24-13-7-10-16-8-4-5-12-19(16)22;/h4-5,8,12,15,17-18H,6-7,9-11,13-14H2,1-3H3,(H,25,27)(H2,23,24,26);1H. The van der Waals surface area contributed by atoms with Crippen LogP contribution in [0.25, 0.3) is 0 Å². The maximum Gasteiger partial charge on any atom is 0.223 e. The number of nitrogens with zero attached hydrogens (tertiary/aromatic N) is 1. The first-order chi connectivity index (χ1) is 13.0. The lowest BCUT2D eigenvalue weighted by Gasteiger charge is -2.30. The van der Waals surface area contributed by atoms with Crippen LogP contribution in [0, 0.1) is 5.92 Å². The number of halogens is 2. The van der Waals surface area contributed by atoms with Gasteiger partial charge in [0.15, 0.2) is 5.96 Å². The van der Waals surface area contributed by atoms with Crippen molar-refractivity contribution < 1.29 is 4.79 Å². The molecule has 0 radical (unpaired) electrons. The quantitative estimate of drug-likeness (QED) is 0.219. The van der Waals surface area contributed by atoms with Gasteiger partial charge in [0.1, 0.15) is 0 Å². The molecule has 0 saturated heterocycles. The van der Waals surface area contributed by atoms with Crippen molar-refractivity contribution in [2.75, 3.05) is 13.6 Å². The SMILES string of the molecule is CN=C(NCCCc1ccccc1Cl)NC1CCCC(C(=O)NC(C)C)C1.I. The molecule has 28 heavy (non-hydrogen) atoms. The highest BCUT2D eigenvalue weighted by Gasteiger charge is 2.27. The Bertz CT molecular complexity index is 639. The van der Waals surface area contributed by atoms with Crippen molar-refractivity contribution in [2.24, 2.45) is 10.9 Å². The summed E-state index contributed by atoms with van der Waals surface area (Å²) in [5.74, 6) is 1.08. The van der Waals surface area contributed by atoms with Crippen LogP contribution in [-0.2, 0) is 11.2 Å². The molecule has 2 rings (SSSR count). The Hall–Kier alpha value is -1.02. The molecule has 7 heteroatoms. The Labute approximate surface area is 191 Å². The maximum atomic E-state index is 12.3. The average molecular weight is 521 g/mol. The van der Waals surface area contributed by atoms with Gasteiger partial charge in [-0.05, 0) is 57.6 Å². The number of carbonyl (C=O) groups is 1. The Morgan fingerprint density at radius 3 is 2.71 bits per heavy atom. The summed E-state index contributed by atoms with van der Waals surface area (Å²) in [6, 6.07) is 8.45. The molecule has 0 bridgehead atoms. The van der Waals surface area contributed by atoms with Gasteiger partial charge in [-0.2, -0.15) is 0 Å². The predicted molar refractivity (Wildman–Crippen MR) is 129 cm³/mol. The zero-order chi connectivity index (χ0) is 19.6. The van der Waals surface area contributed by atoms with E-state index in [4.69, 9.17) is 11.6 Å². The molecule has 158 valence electrons. The van der Waals surface area contributed by atoms with Crippen molar-refractivity contribution >= 4 is 47.4 Å². The van der Waals surface area contributed by atoms with Crippen LogP contribution in [0.1, 0.15) is 51.5 Å². The molecule has 5 nitrogen and oxygen atoms in total. The molecule has 0 aliphatic heterocycles. The van der Waals surface area contributed by atoms with Crippen LogP contribution in [0.3, 0.4) is 0 Å². The van der Waals surface area contributed by atoms with E-state index < -0.39 is 0 Å². The molecule has 0 heterocycles. The van der Waals surface area contributed by atoms with Crippen LogP contribution in [0.4, 0.5) is 0 Å². The second kappa shape index (κ2) is 13.2. The molecule has 1 aromatic rings. The van der Waals surface area contributed by atoms with E-state index in [0.29, 0.717) is 0 Å². The predicted octanol–water partition coefficient (Wildman–Crippen LogP) is 4.14. The molecule has 1 aliphatic carbocycles. The number of amides is 1. The third kappa shape index (κ3) is 8.55. The summed E-state index contributed by atoms with van der Waals surface area (Å²) in [7, 11) is 1.79. The van der Waals surface area contributed by atoms with Crippen LogP contribution < -0.4 is 16.0 Å². The Morgan fingerprint density at radius 1 is 1.29 bits per heavy atom. The van der Waals surface area contributed by atoms with E-state index in [1.807, 2.05) is 32.0 Å². The molecule has 0 aromatic heterocycles. The van der Waals surface area contributed by atoms with Crippen molar-refractivity contribution in [2.45, 2.75) is 64.5 Å². The fraction of sp³-hybridized carbons (Fsp3) is 0.619. The first-order valence-corrected chi connectivity index (χ1v) is 10.4. The summed E-state index contributed by atoms with van der Waals surface area (Å²) in [6.07, 6.45) is 5.89. The van der Waals surface area contributed by atoms with Crippen molar-refractivity contribution in [1.29, 1.82) is 0 Å². The van der Waals surface area contributed by atoms with Gasteiger partial charge in [0.2, 0.25) is 5.91 Å². The van der Waals surface area contributed by atoms with E-state index in [1.165, 1.54) is 5.56 Å². The van der Waals surface area contributed by atoms with Crippen molar-refractivity contribution in [3.05, 3.63) is 34.9 Å². The van der Waals surface area contributed by atoms with Gasteiger partial charge in [-0.15, -0.1) is 24.0 Å². The van der Waals surface area contributed by atoms with Gasteiger partial charge in [-0.3, -0.25) is 9.79 Å². The largest absolute Gasteiger partial charge is 0.356 e. The lowest BCUT2D eigenvalue weighted by molar-refractivity contribution is -0.126. The highest BCUT2D eigenvalue weighted by Crippen LogP contribution is 2.24. The molecule has 2 atom stereocenters. The Kier molecular flexibility index (Phi) is 11.8. The minimum atomic E-state index is 0. The average Bonchev–Trinajstić information content (AvgIpc) is 2.65. The Morgan fingerprint density at radius 2 is 2.04 bits per heavy atom. The summed E-state index contributed by atoms with van der Waals surface area (Å²) in [5.41, 5.74) is 1.18. The number of benzene rings is 1. The first-order valence-electron chi connectivity index (χ1n) is 10.0. The first kappa shape index (κ1) is 25.0. The van der Waals surface area contributed by atoms with Gasteiger partial charge in [0.05, 0.1) is 0 Å². The molecule has 1 fully saturated rings. The van der Waals surface area contributed by atoms with Gasteiger partial charge in [-0.1, -0.05) is 36.2 Å². The number of hydrogen-bond donors (Lipinski definition) is 3. The second-order valence-electron chi connectivity index (χ2n) is 7.56. The molecular formula is C21H34ClIN4O. The summed E-state index contributed by atoms with van der Waals surface area (Å²) in [4.78, 5) is 16.6. The van der Waals surface area contributed by atoms with Crippen LogP contribution in [0.2, 0.25) is 5.02 Å². The van der Waals surface area contributed by atoms with E-state index in [1.54, 1.807) is 7.05 Å². The molecule has 2 unspecified atom stereocenters. The van der Waals surface area contributed by atoms with Gasteiger partial charge in [-0.25, -0.2) is 0 Å². The zero-order valence-corrected chi connectivity index (χ0v) is 20.2. The highest BCUT2D eigenvalue weighted by atomic mass is 127. The third-order valence-electron chi connectivity index (χ3n) is 4.91. The van der Waals surface area contributed by atoms with Crippen LogP contribution in [0.5, 0.6) is 0 Å². The number of carbonyl (C=O) groups excluding carboxylic acids is 1. The van der Waals surface area contributed by atoms with Gasteiger partial charge < -0.3 is 16.0 Å². The summed E-state index contributed by atoms with van der Waals surface area (Å²) < 4.78 is 0. The summed E-state index contributed by atoms with van der Waals surface area (Å²) in [5, 5.41) is 10.7. The van der Waals surface area contributed by atoms with Crippen molar-refractivity contribution in [3.63, 3.8) is 0 Å². The van der Waals surface area contributed by atoms with Crippen LogP contribution >= 0.6 is 35.6 Å². The lowest BCUT2D eigenvalue weighted by Crippen LogP contribution is -2.47. The van der Waals surface area contributed by atoms with Crippen LogP contribution in [-0.4, -0.2) is 37.5 Å². The molecule has 1 saturated carbocycles. The molecule has 0 spiro atoms. The minimum Gasteiger partial charge on any atom is -0.356 e. The number of aryl methyl sites for hydroxylation is 1. The molecule has 1 amide bonds. The number of hydrogen-bond acceptors (Lipinski definition) is 2. The van der Waals surface area contributed by atoms with E-state index in [0.717, 1.165) is 56.1 Å². The van der Waals surface area contributed by atoms with Crippen LogP contribution in [0.15, 0.2) is 29.3 Å². The topological polar surface area (TPSA) is 65.5 Å². The highest BCUT2D eigenvalue weighted by molar-refractivity contribution is 14.0. The van der Waals surface area contributed by atoms with E-state index in [2.05, 4.69) is 27.0 Å². The minimum absolute atomic E-state index is 0. The van der Waals surface area contributed by atoms with Crippen molar-refractivity contribution in [3.8, 4) is 0 Å². The third-order valence-corrected chi connectivity index (χ3v) is 5.28. The fourth-order valence-corrected chi connectivity index (χ4v) is 3.77. The Balaban J connectivity index is 0.00000392. The second-order valence-corrected chi connectivity index (χ2v) is 7.97. The number of nitrogens with one attached hydrogen (secondary N) is 3. The maximum absolute atomic E-state index is 12.3. The van der Waals surface area contributed by atoms with Gasteiger partial charge in [0, 0.05) is 36.6 Å². The number of guanidine groups is 1. The van der Waals surface area contributed by atoms with Crippen molar-refractivity contribution in [1.82, 2.24) is 16.0 Å². The lowest BCUT2D eigenvalue weighted by atomic mass is 9.85. The summed E-state index contributed by atoms with van der Waals surface area (Å²) in [6.45, 7) is 4.84. The van der Waals surface area contributed by atoms with Gasteiger partial charge in [0.25, 0.3) is 0 Å². The molecule has 1 aromatic carbocycles. The molecule has 1 aliphatic rings. The number of rotatable bonds is 7. The molecular weight excluding hydrogens is 487 g/mol.